The van der Waals surface area contributed by atoms with Gasteiger partial charge in [0.15, 0.2) is 5.60 Å². The summed E-state index contributed by atoms with van der Waals surface area (Å²) in [5, 5.41) is 3.31. The summed E-state index contributed by atoms with van der Waals surface area (Å²) in [6.45, 7) is 1.44. The number of morpholine rings is 1. The van der Waals surface area contributed by atoms with Crippen molar-refractivity contribution in [1.29, 1.82) is 0 Å². The maximum absolute atomic E-state index is 11.6. The van der Waals surface area contributed by atoms with Crippen molar-refractivity contribution < 1.29 is 14.3 Å². The van der Waals surface area contributed by atoms with E-state index in [1.807, 2.05) is 0 Å². The lowest BCUT2D eigenvalue weighted by molar-refractivity contribution is -0.176. The van der Waals surface area contributed by atoms with Crippen LogP contribution in [0.3, 0.4) is 0 Å². The third-order valence-corrected chi connectivity index (χ3v) is 2.99. The van der Waals surface area contributed by atoms with Crippen LogP contribution in [-0.2, 0) is 14.3 Å². The molecule has 1 N–H and O–H groups in total. The molecule has 0 unspecified atom stereocenters. The summed E-state index contributed by atoms with van der Waals surface area (Å²) < 4.78 is 10.4. The molecule has 1 saturated carbocycles. The van der Waals surface area contributed by atoms with E-state index in [9.17, 15) is 4.79 Å². The van der Waals surface area contributed by atoms with Crippen molar-refractivity contribution in [2.24, 2.45) is 0 Å². The maximum atomic E-state index is 11.6. The third kappa shape index (κ3) is 1.25. The van der Waals surface area contributed by atoms with Crippen molar-refractivity contribution in [3.05, 3.63) is 0 Å². The average Bonchev–Trinajstić information content (AvgIpc) is 2.61. The van der Waals surface area contributed by atoms with Crippen LogP contribution in [0, 0.1) is 0 Å². The number of esters is 1. The molecular weight excluding hydrogens is 170 g/mol. The Hall–Kier alpha value is -0.610. The van der Waals surface area contributed by atoms with Crippen LogP contribution in [0.15, 0.2) is 0 Å². The minimum Gasteiger partial charge on any atom is -0.467 e. The normalized spacial score (nSPS) is 38.4. The Balaban J connectivity index is 2.20. The summed E-state index contributed by atoms with van der Waals surface area (Å²) >= 11 is 0. The number of nitrogens with one attached hydrogen (secondary N) is 1. The molecule has 1 aliphatic carbocycles. The first-order valence-electron chi connectivity index (χ1n) is 4.75. The summed E-state index contributed by atoms with van der Waals surface area (Å²) in [6, 6.07) is 0.161. The smallest absolute Gasteiger partial charge is 0.339 e. The lowest BCUT2D eigenvalue weighted by Gasteiger charge is -2.37. The van der Waals surface area contributed by atoms with Gasteiger partial charge in [-0.15, -0.1) is 0 Å². The van der Waals surface area contributed by atoms with E-state index in [1.54, 1.807) is 0 Å². The minimum absolute atomic E-state index is 0.161. The Kier molecular flexibility index (Phi) is 2.26. The highest BCUT2D eigenvalue weighted by atomic mass is 16.6. The van der Waals surface area contributed by atoms with Gasteiger partial charge in [0.25, 0.3) is 0 Å². The van der Waals surface area contributed by atoms with E-state index in [0.29, 0.717) is 6.61 Å². The van der Waals surface area contributed by atoms with E-state index in [1.165, 1.54) is 7.11 Å². The molecule has 2 aliphatic rings. The van der Waals surface area contributed by atoms with E-state index in [4.69, 9.17) is 9.47 Å². The predicted octanol–water partition coefficient (Wildman–Crippen LogP) is 0.0705. The van der Waals surface area contributed by atoms with E-state index >= 15 is 0 Å². The Labute approximate surface area is 77.6 Å². The quantitative estimate of drug-likeness (QED) is 0.587. The van der Waals surface area contributed by atoms with Gasteiger partial charge in [0.2, 0.25) is 0 Å². The van der Waals surface area contributed by atoms with E-state index in [2.05, 4.69) is 5.32 Å². The third-order valence-electron chi connectivity index (χ3n) is 2.99. The molecule has 0 amide bonds. The van der Waals surface area contributed by atoms with Gasteiger partial charge < -0.3 is 14.8 Å². The second-order valence-electron chi connectivity index (χ2n) is 3.63. The summed E-state index contributed by atoms with van der Waals surface area (Å²) in [5.74, 6) is -0.220. The number of hydrogen-bond acceptors (Lipinski definition) is 4. The fourth-order valence-corrected chi connectivity index (χ4v) is 2.36. The van der Waals surface area contributed by atoms with Crippen molar-refractivity contribution in [3.63, 3.8) is 0 Å². The van der Waals surface area contributed by atoms with Crippen molar-refractivity contribution in [2.45, 2.75) is 30.9 Å². The van der Waals surface area contributed by atoms with Crippen molar-refractivity contribution in [3.8, 4) is 0 Å². The van der Waals surface area contributed by atoms with Crippen LogP contribution in [0.4, 0.5) is 0 Å². The molecule has 74 valence electrons. The van der Waals surface area contributed by atoms with Crippen LogP contribution in [0.2, 0.25) is 0 Å². The van der Waals surface area contributed by atoms with Gasteiger partial charge in [0, 0.05) is 12.6 Å². The van der Waals surface area contributed by atoms with Gasteiger partial charge in [-0.25, -0.2) is 4.79 Å². The second-order valence-corrected chi connectivity index (χ2v) is 3.63. The monoisotopic (exact) mass is 185 g/mol. The van der Waals surface area contributed by atoms with Gasteiger partial charge in [-0.05, 0) is 19.3 Å². The fourth-order valence-electron chi connectivity index (χ4n) is 2.36. The Morgan fingerprint density at radius 3 is 3.31 bits per heavy atom. The van der Waals surface area contributed by atoms with Crippen LogP contribution in [0.1, 0.15) is 19.3 Å². The van der Waals surface area contributed by atoms with Crippen molar-refractivity contribution >= 4 is 5.97 Å². The topological polar surface area (TPSA) is 47.6 Å². The predicted molar refractivity (Wildman–Crippen MR) is 46.3 cm³/mol. The lowest BCUT2D eigenvalue weighted by atomic mass is 9.96. The molecule has 1 saturated heterocycles. The molecule has 2 fully saturated rings. The van der Waals surface area contributed by atoms with Crippen LogP contribution in [0.25, 0.3) is 0 Å². The van der Waals surface area contributed by atoms with E-state index in [-0.39, 0.29) is 12.0 Å². The molecule has 0 aromatic carbocycles. The molecule has 1 heterocycles. The molecule has 4 nitrogen and oxygen atoms in total. The van der Waals surface area contributed by atoms with Crippen molar-refractivity contribution in [1.82, 2.24) is 5.32 Å². The van der Waals surface area contributed by atoms with Gasteiger partial charge in [-0.2, -0.15) is 0 Å². The number of rotatable bonds is 1. The zero-order chi connectivity index (χ0) is 9.31. The molecule has 2 rings (SSSR count). The molecule has 0 radical (unpaired) electrons. The molecule has 13 heavy (non-hydrogen) atoms. The molecular formula is C9H15NO3. The number of carbonyl (C=O) groups is 1. The van der Waals surface area contributed by atoms with Crippen LogP contribution >= 0.6 is 0 Å². The summed E-state index contributed by atoms with van der Waals surface area (Å²) in [5.41, 5.74) is -0.674. The SMILES string of the molecule is COC(=O)[C@]12CCC[C@H]1NCCO2. The summed E-state index contributed by atoms with van der Waals surface area (Å²) in [6.07, 6.45) is 2.83. The number of carbonyl (C=O) groups excluding carboxylic acids is 1. The summed E-state index contributed by atoms with van der Waals surface area (Å²) in [4.78, 5) is 11.6. The van der Waals surface area contributed by atoms with Crippen LogP contribution < -0.4 is 5.32 Å². The first-order valence-corrected chi connectivity index (χ1v) is 4.75. The molecule has 0 bridgehead atoms. The number of hydrogen-bond donors (Lipinski definition) is 1. The standard InChI is InChI=1S/C9H15NO3/c1-12-8(11)9-4-2-3-7(9)10-5-6-13-9/h7,10H,2-6H2,1H3/t7-,9+/m1/s1. The fraction of sp³-hybridized carbons (Fsp3) is 0.889. The average molecular weight is 185 g/mol. The van der Waals surface area contributed by atoms with Gasteiger partial charge in [-0.3, -0.25) is 0 Å². The lowest BCUT2D eigenvalue weighted by Crippen LogP contribution is -2.59. The van der Waals surface area contributed by atoms with Crippen LogP contribution in [-0.4, -0.2) is 37.9 Å². The van der Waals surface area contributed by atoms with Gasteiger partial charge in [0.1, 0.15) is 0 Å². The van der Waals surface area contributed by atoms with E-state index in [0.717, 1.165) is 25.8 Å². The van der Waals surface area contributed by atoms with E-state index < -0.39 is 5.60 Å². The highest BCUT2D eigenvalue weighted by Gasteiger charge is 2.52. The van der Waals surface area contributed by atoms with Gasteiger partial charge >= 0.3 is 5.97 Å². The van der Waals surface area contributed by atoms with Gasteiger partial charge in [-0.1, -0.05) is 0 Å². The number of ether oxygens (including phenoxy) is 2. The first kappa shape index (κ1) is 8.97. The second kappa shape index (κ2) is 3.27. The number of fused-ring (bicyclic) bond motifs is 1. The molecule has 0 aromatic heterocycles. The highest BCUT2D eigenvalue weighted by molar-refractivity contribution is 5.81. The zero-order valence-corrected chi connectivity index (χ0v) is 7.84. The minimum atomic E-state index is -0.674. The maximum Gasteiger partial charge on any atom is 0.339 e. The zero-order valence-electron chi connectivity index (χ0n) is 7.84. The Bertz CT molecular complexity index is 219. The van der Waals surface area contributed by atoms with Crippen molar-refractivity contribution in [2.75, 3.05) is 20.3 Å². The first-order chi connectivity index (χ1) is 6.29. The molecule has 1 aliphatic heterocycles. The van der Waals surface area contributed by atoms with Crippen LogP contribution in [0.5, 0.6) is 0 Å². The number of methoxy groups -OCH3 is 1. The Morgan fingerprint density at radius 2 is 2.54 bits per heavy atom. The largest absolute Gasteiger partial charge is 0.467 e. The van der Waals surface area contributed by atoms with Gasteiger partial charge in [0.05, 0.1) is 13.7 Å². The molecule has 4 heteroatoms. The summed E-state index contributed by atoms with van der Waals surface area (Å²) in [7, 11) is 1.42. The molecule has 0 spiro atoms. The highest BCUT2D eigenvalue weighted by Crippen LogP contribution is 2.36. The molecule has 0 aromatic rings. The molecule has 2 atom stereocenters. The Morgan fingerprint density at radius 1 is 1.69 bits per heavy atom.